The minimum absolute atomic E-state index is 0.0276. The van der Waals surface area contributed by atoms with E-state index in [4.69, 9.17) is 19.9 Å². The molecule has 14 nitrogen and oxygen atoms in total. The Hall–Kier alpha value is -4.81. The number of piperidine rings is 3. The Labute approximate surface area is 367 Å². The number of anilines is 2. The Morgan fingerprint density at radius 2 is 1.68 bits per heavy atom. The number of ketones is 1. The summed E-state index contributed by atoms with van der Waals surface area (Å²) in [4.78, 5) is 48.2. The van der Waals surface area contributed by atoms with E-state index in [0.29, 0.717) is 85.6 Å². The number of amides is 1. The number of hydrogen-bond acceptors (Lipinski definition) is 12. The predicted molar refractivity (Wildman–Crippen MR) is 237 cm³/mol. The quantitative estimate of drug-likeness (QED) is 0.179. The fourth-order valence-electron chi connectivity index (χ4n) is 8.67. The van der Waals surface area contributed by atoms with Crippen LogP contribution in [0, 0.1) is 17.6 Å². The number of nitrogens with two attached hydrogens (primary N) is 1. The molecule has 344 valence electrons. The highest BCUT2D eigenvalue weighted by Gasteiger charge is 2.38. The van der Waals surface area contributed by atoms with Gasteiger partial charge in [-0.25, -0.2) is 18.2 Å². The fraction of sp³-hybridized carbons (Fsp3) is 0.565. The molecule has 0 radical (unpaired) electrons. The van der Waals surface area contributed by atoms with Crippen LogP contribution < -0.4 is 31.6 Å². The van der Waals surface area contributed by atoms with Gasteiger partial charge in [-0.2, -0.15) is 0 Å². The van der Waals surface area contributed by atoms with Crippen LogP contribution in [0.3, 0.4) is 0 Å². The molecule has 5 aliphatic heterocycles. The number of nitrogens with one attached hydrogen (secondary N) is 3. The average molecular weight is 881 g/mol. The number of rotatable bonds is 12. The van der Waals surface area contributed by atoms with Crippen molar-refractivity contribution >= 4 is 34.0 Å². The van der Waals surface area contributed by atoms with Gasteiger partial charge in [0.15, 0.2) is 0 Å². The largest absolute Gasteiger partial charge is 0.493 e. The van der Waals surface area contributed by atoms with Crippen LogP contribution in [-0.2, 0) is 25.7 Å². The number of carbonyl (C=O) groups excluding carboxylic acids is 2. The van der Waals surface area contributed by atoms with Crippen molar-refractivity contribution in [3.8, 4) is 5.75 Å². The van der Waals surface area contributed by atoms with Crippen molar-refractivity contribution in [3.05, 3.63) is 82.8 Å². The van der Waals surface area contributed by atoms with Gasteiger partial charge in [0.1, 0.15) is 41.0 Å². The van der Waals surface area contributed by atoms with E-state index in [9.17, 15) is 18.8 Å². The molecule has 0 bridgehead atoms. The lowest BCUT2D eigenvalue weighted by molar-refractivity contribution is -0.121. The molecule has 5 aliphatic rings. The Morgan fingerprint density at radius 3 is 2.32 bits per heavy atom. The second-order valence-corrected chi connectivity index (χ2v) is 17.0. The summed E-state index contributed by atoms with van der Waals surface area (Å²) in [6.45, 7) is 15.0. The van der Waals surface area contributed by atoms with Crippen molar-refractivity contribution in [2.45, 2.75) is 96.1 Å². The number of aromatic nitrogens is 2. The maximum absolute atomic E-state index is 15.2. The number of likely N-dealkylation sites (tertiary alicyclic amines) is 2. The third-order valence-electron chi connectivity index (χ3n) is 12.2. The Bertz CT molecular complexity index is 2090. The zero-order chi connectivity index (χ0) is 44.9. The molecule has 2 aromatic carbocycles. The summed E-state index contributed by atoms with van der Waals surface area (Å²) in [6.07, 6.45) is 8.44. The number of halogens is 3. The average Bonchev–Trinajstić information content (AvgIpc) is 3.24. The summed E-state index contributed by atoms with van der Waals surface area (Å²) in [5.74, 6) is 0.387. The summed E-state index contributed by atoms with van der Waals surface area (Å²) in [5, 5.41) is 6.00. The lowest BCUT2D eigenvalue weighted by Crippen LogP contribution is -2.64. The van der Waals surface area contributed by atoms with E-state index < -0.39 is 11.4 Å². The van der Waals surface area contributed by atoms with Gasteiger partial charge >= 0.3 is 0 Å². The molecule has 8 rings (SSSR count). The maximum Gasteiger partial charge on any atom is 0.261 e. The summed E-state index contributed by atoms with van der Waals surface area (Å²) < 4.78 is 58.4. The molecule has 17 heteroatoms. The van der Waals surface area contributed by atoms with E-state index >= 15 is 8.78 Å². The third-order valence-corrected chi connectivity index (χ3v) is 12.2. The molecule has 0 spiro atoms. The zero-order valence-corrected chi connectivity index (χ0v) is 36.5. The lowest BCUT2D eigenvalue weighted by Gasteiger charge is -2.52. The molecule has 5 fully saturated rings. The van der Waals surface area contributed by atoms with Crippen LogP contribution >= 0.6 is 0 Å². The number of ether oxygens (including phenoxy) is 3. The van der Waals surface area contributed by atoms with Crippen LogP contribution in [0.5, 0.6) is 5.75 Å². The maximum atomic E-state index is 15.2. The van der Waals surface area contributed by atoms with Crippen LogP contribution in [-0.4, -0.2) is 121 Å². The normalized spacial score (nSPS) is 21.0. The van der Waals surface area contributed by atoms with E-state index in [-0.39, 0.29) is 53.7 Å². The van der Waals surface area contributed by atoms with Crippen LogP contribution in [0.25, 0.3) is 10.9 Å². The first-order valence-corrected chi connectivity index (χ1v) is 22.2. The van der Waals surface area contributed by atoms with E-state index in [2.05, 4.69) is 41.9 Å². The van der Waals surface area contributed by atoms with Gasteiger partial charge in [-0.3, -0.25) is 19.4 Å². The molecule has 5 saturated heterocycles. The van der Waals surface area contributed by atoms with Gasteiger partial charge in [0.2, 0.25) is 5.91 Å². The number of carbonyl (C=O) groups is 2. The topological polar surface area (TPSA) is 167 Å². The van der Waals surface area contributed by atoms with Crippen molar-refractivity contribution in [3.63, 3.8) is 0 Å². The minimum Gasteiger partial charge on any atom is -0.493 e. The van der Waals surface area contributed by atoms with Gasteiger partial charge in [0.05, 0.1) is 36.3 Å². The smallest absolute Gasteiger partial charge is 0.261 e. The summed E-state index contributed by atoms with van der Waals surface area (Å²) in [5.41, 5.74) is 6.51. The summed E-state index contributed by atoms with van der Waals surface area (Å²) in [6, 6.07) is 9.22. The second kappa shape index (κ2) is 23.2. The molecule has 1 amide bonds. The van der Waals surface area contributed by atoms with E-state index in [1.54, 1.807) is 12.1 Å². The molecule has 0 aliphatic carbocycles. The summed E-state index contributed by atoms with van der Waals surface area (Å²) in [7, 11) is 0. The molecule has 6 heterocycles. The molecular formula is C46H63F3N8O6. The van der Waals surface area contributed by atoms with Crippen molar-refractivity contribution in [1.82, 2.24) is 25.1 Å². The SMILES string of the molecule is C=C1NC(=O)CCC1Nc1ccc(N2CCC(N3CC(N4CCC(COc5cc(F)c6c(=O)[nH]c(COC7CCOCC7)nc6c5)CC4)C3)CC2)c(F)c1.CC(C)=O.NC/C=C/F. The zero-order valence-electron chi connectivity index (χ0n) is 36.5. The van der Waals surface area contributed by atoms with Crippen molar-refractivity contribution in [1.29, 1.82) is 0 Å². The summed E-state index contributed by atoms with van der Waals surface area (Å²) >= 11 is 0. The van der Waals surface area contributed by atoms with Gasteiger partial charge in [-0.05, 0) is 102 Å². The lowest BCUT2D eigenvalue weighted by atomic mass is 9.92. The monoisotopic (exact) mass is 880 g/mol. The highest BCUT2D eigenvalue weighted by Crippen LogP contribution is 2.32. The number of hydrogen-bond donors (Lipinski definition) is 4. The molecule has 3 aromatic rings. The number of fused-ring (bicyclic) bond motifs is 1. The number of aromatic amines is 1. The van der Waals surface area contributed by atoms with Crippen molar-refractivity contribution in [2.75, 3.05) is 75.9 Å². The molecule has 1 unspecified atom stereocenters. The molecule has 5 N–H and O–H groups in total. The number of benzene rings is 2. The molecule has 63 heavy (non-hydrogen) atoms. The fourth-order valence-corrected chi connectivity index (χ4v) is 8.67. The van der Waals surface area contributed by atoms with E-state index in [1.807, 2.05) is 12.1 Å². The molecule has 1 atom stereocenters. The molecule has 0 saturated carbocycles. The van der Waals surface area contributed by atoms with Gasteiger partial charge in [0.25, 0.3) is 5.56 Å². The number of Topliss-reactive ketones (excluding diaryl/α,β-unsaturated/α-hetero) is 1. The molecular weight excluding hydrogens is 818 g/mol. The van der Waals surface area contributed by atoms with E-state index in [1.165, 1.54) is 26.0 Å². The Balaban J connectivity index is 0.000000670. The van der Waals surface area contributed by atoms with Gasteiger partial charge in [-0.15, -0.1) is 0 Å². The minimum atomic E-state index is -0.641. The third kappa shape index (κ3) is 13.6. The number of H-pyrrole nitrogens is 1. The Morgan fingerprint density at radius 1 is 0.968 bits per heavy atom. The first-order valence-electron chi connectivity index (χ1n) is 22.2. The highest BCUT2D eigenvalue weighted by molar-refractivity contribution is 5.80. The van der Waals surface area contributed by atoms with Crippen LogP contribution in [0.15, 0.2) is 59.8 Å². The number of nitrogens with zero attached hydrogens (tertiary/aromatic N) is 4. The standard InChI is InChI=1S/C40H51F2N7O5.C3H6FN.C3H6O/c1-25-34(3-5-38(50)43-25)44-27-2-4-36(32(41)18-27)48-14-8-28(9-15-48)49-21-29(22-49)47-12-6-26(7-13-47)23-53-31-19-33(42)39-35(20-31)45-37(46-40(39)51)24-54-30-10-16-52-17-11-30;4-2-1-3-5;1-3(2)4/h2,4,18-20,26,28-30,34,44H,1,3,5-17,21-24H2,(H,43,50)(H,45,46,51);1-2H,3,5H2;1-2H3/b;2-1+;. The van der Waals surface area contributed by atoms with Gasteiger partial charge < -0.3 is 45.3 Å². The highest BCUT2D eigenvalue weighted by atomic mass is 19.1. The first-order chi connectivity index (χ1) is 30.4. The van der Waals surface area contributed by atoms with Gasteiger partial charge in [0, 0.05) is 88.0 Å². The first kappa shape index (κ1) is 47.7. The van der Waals surface area contributed by atoms with Crippen molar-refractivity contribution in [2.24, 2.45) is 11.7 Å². The van der Waals surface area contributed by atoms with E-state index in [0.717, 1.165) is 77.8 Å². The molecule has 1 aromatic heterocycles. The van der Waals surface area contributed by atoms with Gasteiger partial charge in [-0.1, -0.05) is 6.58 Å². The van der Waals surface area contributed by atoms with Crippen molar-refractivity contribution < 1.29 is 37.0 Å². The van der Waals surface area contributed by atoms with Crippen LogP contribution in [0.2, 0.25) is 0 Å². The van der Waals surface area contributed by atoms with Crippen LogP contribution in [0.1, 0.15) is 71.0 Å². The second-order valence-electron chi connectivity index (χ2n) is 17.0. The Kier molecular flexibility index (Phi) is 17.6. The predicted octanol–water partition coefficient (Wildman–Crippen LogP) is 5.57. The van der Waals surface area contributed by atoms with Crippen LogP contribution in [0.4, 0.5) is 24.5 Å².